The Bertz CT molecular complexity index is 273. The molecule has 0 aromatic rings. The minimum absolute atomic E-state index is 0.204. The summed E-state index contributed by atoms with van der Waals surface area (Å²) < 4.78 is 5.12. The molecule has 3 heteroatoms. The van der Waals surface area contributed by atoms with Gasteiger partial charge in [-0.15, -0.1) is 0 Å². The topological polar surface area (TPSA) is 46.5 Å². The Morgan fingerprint density at radius 2 is 2.06 bits per heavy atom. The van der Waals surface area contributed by atoms with Crippen LogP contribution in [-0.4, -0.2) is 23.3 Å². The van der Waals surface area contributed by atoms with Crippen LogP contribution in [0.15, 0.2) is 0 Å². The normalized spacial score (nSPS) is 30.1. The fourth-order valence-electron chi connectivity index (χ4n) is 3.08. The fourth-order valence-corrected chi connectivity index (χ4v) is 3.08. The van der Waals surface area contributed by atoms with Crippen molar-refractivity contribution < 1.29 is 14.6 Å². The molecule has 0 heterocycles. The number of rotatable bonds is 4. The molecule has 0 aromatic carbocycles. The largest absolute Gasteiger partial charge is 0.465 e. The van der Waals surface area contributed by atoms with Gasteiger partial charge in [-0.2, -0.15) is 0 Å². The number of hydrogen-bond acceptors (Lipinski definition) is 3. The molecule has 0 radical (unpaired) electrons. The first-order valence-corrected chi connectivity index (χ1v) is 6.79. The molecular weight excluding hydrogens is 216 g/mol. The molecule has 100 valence electrons. The predicted molar refractivity (Wildman–Crippen MR) is 67.6 cm³/mol. The van der Waals surface area contributed by atoms with Crippen molar-refractivity contribution in [1.29, 1.82) is 0 Å². The van der Waals surface area contributed by atoms with Crippen molar-refractivity contribution in [3.05, 3.63) is 0 Å². The summed E-state index contributed by atoms with van der Waals surface area (Å²) in [6.07, 6.45) is 4.78. The van der Waals surface area contributed by atoms with Crippen molar-refractivity contribution in [1.82, 2.24) is 0 Å². The minimum atomic E-state index is -0.910. The van der Waals surface area contributed by atoms with Crippen LogP contribution in [0.2, 0.25) is 0 Å². The van der Waals surface area contributed by atoms with E-state index in [1.165, 1.54) is 0 Å². The van der Waals surface area contributed by atoms with Gasteiger partial charge in [0.25, 0.3) is 0 Å². The van der Waals surface area contributed by atoms with Crippen molar-refractivity contribution >= 4 is 5.97 Å². The van der Waals surface area contributed by atoms with Crippen LogP contribution in [0.1, 0.15) is 59.8 Å². The molecule has 0 aromatic heterocycles. The number of aliphatic hydroxyl groups is 1. The Morgan fingerprint density at radius 3 is 2.59 bits per heavy atom. The Morgan fingerprint density at radius 1 is 1.41 bits per heavy atom. The van der Waals surface area contributed by atoms with Crippen LogP contribution in [0, 0.1) is 11.3 Å². The van der Waals surface area contributed by atoms with E-state index in [4.69, 9.17) is 4.74 Å². The summed E-state index contributed by atoms with van der Waals surface area (Å²) in [6.45, 7) is 7.89. The van der Waals surface area contributed by atoms with Gasteiger partial charge in [0.15, 0.2) is 0 Å². The monoisotopic (exact) mass is 242 g/mol. The molecular formula is C14H26O3. The molecule has 17 heavy (non-hydrogen) atoms. The zero-order valence-corrected chi connectivity index (χ0v) is 11.6. The molecule has 2 atom stereocenters. The van der Waals surface area contributed by atoms with Gasteiger partial charge in [0, 0.05) is 0 Å². The lowest BCUT2D eigenvalue weighted by atomic mass is 9.61. The fraction of sp³-hybridized carbons (Fsp3) is 0.929. The maximum absolute atomic E-state index is 12.0. The van der Waals surface area contributed by atoms with Crippen LogP contribution < -0.4 is 0 Å². The van der Waals surface area contributed by atoms with Gasteiger partial charge < -0.3 is 9.84 Å². The number of esters is 1. The molecule has 0 saturated heterocycles. The second-order valence-electron chi connectivity index (χ2n) is 5.62. The molecule has 1 N–H and O–H groups in total. The molecule has 1 saturated carbocycles. The standard InChI is InChI=1S/C14H26O3/c1-5-11-9-7-8-10-14(11,16)13(3,4)12(15)17-6-2/h11,16H,5-10H2,1-4H3. The summed E-state index contributed by atoms with van der Waals surface area (Å²) in [4.78, 5) is 12.0. The lowest BCUT2D eigenvalue weighted by molar-refractivity contribution is -0.185. The highest BCUT2D eigenvalue weighted by Crippen LogP contribution is 2.47. The molecule has 0 bridgehead atoms. The predicted octanol–water partition coefficient (Wildman–Crippen LogP) is 2.91. The molecule has 0 amide bonds. The summed E-state index contributed by atoms with van der Waals surface area (Å²) in [5, 5.41) is 11.0. The number of carbonyl (C=O) groups excluding carboxylic acids is 1. The summed E-state index contributed by atoms with van der Waals surface area (Å²) >= 11 is 0. The van der Waals surface area contributed by atoms with E-state index in [-0.39, 0.29) is 11.9 Å². The van der Waals surface area contributed by atoms with E-state index < -0.39 is 11.0 Å². The van der Waals surface area contributed by atoms with Crippen molar-refractivity contribution in [3.63, 3.8) is 0 Å². The summed E-state index contributed by atoms with van der Waals surface area (Å²) in [5.74, 6) is -0.0708. The van der Waals surface area contributed by atoms with Gasteiger partial charge in [-0.1, -0.05) is 26.2 Å². The van der Waals surface area contributed by atoms with E-state index in [9.17, 15) is 9.90 Å². The summed E-state index contributed by atoms with van der Waals surface area (Å²) in [6, 6.07) is 0. The Hall–Kier alpha value is -0.570. The van der Waals surface area contributed by atoms with Crippen LogP contribution >= 0.6 is 0 Å². The number of carbonyl (C=O) groups is 1. The van der Waals surface area contributed by atoms with Gasteiger partial charge in [0.1, 0.15) is 0 Å². The summed E-state index contributed by atoms with van der Waals surface area (Å²) in [7, 11) is 0. The van der Waals surface area contributed by atoms with Crippen LogP contribution in [0.3, 0.4) is 0 Å². The third kappa shape index (κ3) is 2.49. The van der Waals surface area contributed by atoms with Gasteiger partial charge in [-0.05, 0) is 39.5 Å². The third-order valence-electron chi connectivity index (χ3n) is 4.40. The SMILES string of the molecule is CCOC(=O)C(C)(C)C1(O)CCCCC1CC. The number of hydrogen-bond donors (Lipinski definition) is 1. The van der Waals surface area contributed by atoms with Gasteiger partial charge >= 0.3 is 5.97 Å². The smallest absolute Gasteiger partial charge is 0.314 e. The maximum Gasteiger partial charge on any atom is 0.314 e. The maximum atomic E-state index is 12.0. The van der Waals surface area contributed by atoms with Crippen LogP contribution in [0.5, 0.6) is 0 Å². The number of ether oxygens (including phenoxy) is 1. The van der Waals surface area contributed by atoms with Crippen molar-refractivity contribution in [2.24, 2.45) is 11.3 Å². The first-order chi connectivity index (χ1) is 7.90. The molecule has 2 unspecified atom stereocenters. The molecule has 0 aliphatic heterocycles. The second kappa shape index (κ2) is 5.38. The van der Waals surface area contributed by atoms with Crippen molar-refractivity contribution in [2.75, 3.05) is 6.61 Å². The van der Waals surface area contributed by atoms with Crippen molar-refractivity contribution in [2.45, 2.75) is 65.4 Å². The molecule has 3 nitrogen and oxygen atoms in total. The highest BCUT2D eigenvalue weighted by molar-refractivity contribution is 5.77. The first kappa shape index (κ1) is 14.5. The molecule has 0 spiro atoms. The quantitative estimate of drug-likeness (QED) is 0.771. The molecule has 1 aliphatic rings. The van der Waals surface area contributed by atoms with Crippen LogP contribution in [0.25, 0.3) is 0 Å². The Kier molecular flexibility index (Phi) is 4.59. The molecule has 1 aliphatic carbocycles. The third-order valence-corrected chi connectivity index (χ3v) is 4.40. The zero-order valence-electron chi connectivity index (χ0n) is 11.6. The second-order valence-corrected chi connectivity index (χ2v) is 5.62. The summed E-state index contributed by atoms with van der Waals surface area (Å²) in [5.41, 5.74) is -1.73. The average Bonchev–Trinajstić information content (AvgIpc) is 2.29. The van der Waals surface area contributed by atoms with E-state index >= 15 is 0 Å². The van der Waals surface area contributed by atoms with E-state index in [0.717, 1.165) is 25.7 Å². The molecule has 1 rings (SSSR count). The highest BCUT2D eigenvalue weighted by Gasteiger charge is 2.54. The lowest BCUT2D eigenvalue weighted by Crippen LogP contribution is -2.56. The lowest BCUT2D eigenvalue weighted by Gasteiger charge is -2.48. The minimum Gasteiger partial charge on any atom is -0.465 e. The zero-order chi connectivity index (χ0) is 13.1. The van der Waals surface area contributed by atoms with Gasteiger partial charge in [0.2, 0.25) is 0 Å². The van der Waals surface area contributed by atoms with Gasteiger partial charge in [-0.25, -0.2) is 0 Å². The average molecular weight is 242 g/mol. The van der Waals surface area contributed by atoms with E-state index in [0.29, 0.717) is 13.0 Å². The van der Waals surface area contributed by atoms with Gasteiger partial charge in [0.05, 0.1) is 17.6 Å². The van der Waals surface area contributed by atoms with Crippen LogP contribution in [-0.2, 0) is 9.53 Å². The van der Waals surface area contributed by atoms with Gasteiger partial charge in [-0.3, -0.25) is 4.79 Å². The van der Waals surface area contributed by atoms with E-state index in [1.54, 1.807) is 6.92 Å². The highest BCUT2D eigenvalue weighted by atomic mass is 16.5. The van der Waals surface area contributed by atoms with Crippen molar-refractivity contribution in [3.8, 4) is 0 Å². The van der Waals surface area contributed by atoms with E-state index in [2.05, 4.69) is 6.92 Å². The Balaban J connectivity index is 2.95. The molecule has 1 fully saturated rings. The van der Waals surface area contributed by atoms with Crippen LogP contribution in [0.4, 0.5) is 0 Å². The Labute approximate surface area is 105 Å². The van der Waals surface area contributed by atoms with E-state index in [1.807, 2.05) is 13.8 Å². The first-order valence-electron chi connectivity index (χ1n) is 6.79.